The average Bonchev–Trinajstić information content (AvgIpc) is 2.42. The minimum atomic E-state index is -5.08. The Morgan fingerprint density at radius 2 is 1.62 bits per heavy atom. The molecule has 0 heterocycles. The van der Waals surface area contributed by atoms with Gasteiger partial charge in [0.05, 0.1) is 0 Å². The number of carboxylic acids is 1. The molecule has 21 heavy (non-hydrogen) atoms. The van der Waals surface area contributed by atoms with Gasteiger partial charge in [0, 0.05) is 11.7 Å². The molecule has 0 atom stereocenters. The molecule has 1 aromatic rings. The van der Waals surface area contributed by atoms with E-state index in [0.29, 0.717) is 6.04 Å². The number of benzene rings is 1. The number of alkyl halides is 3. The van der Waals surface area contributed by atoms with Crippen molar-refractivity contribution < 1.29 is 23.1 Å². The van der Waals surface area contributed by atoms with Gasteiger partial charge in [-0.1, -0.05) is 37.0 Å². The van der Waals surface area contributed by atoms with E-state index in [-0.39, 0.29) is 0 Å². The second-order valence-corrected chi connectivity index (χ2v) is 5.15. The lowest BCUT2D eigenvalue weighted by Crippen LogP contribution is -2.22. The van der Waals surface area contributed by atoms with Gasteiger partial charge < -0.3 is 10.4 Å². The lowest BCUT2D eigenvalue weighted by molar-refractivity contribution is -0.192. The molecule has 1 aliphatic carbocycles. The van der Waals surface area contributed by atoms with Crippen LogP contribution >= 0.6 is 0 Å². The first-order valence-corrected chi connectivity index (χ1v) is 6.92. The SMILES string of the molecule is Cc1ccc(NC2CCCCC2)cc1.O=C(O)C(F)(F)F. The molecule has 0 spiro atoms. The van der Waals surface area contributed by atoms with E-state index in [0.717, 1.165) is 0 Å². The summed E-state index contributed by atoms with van der Waals surface area (Å²) in [7, 11) is 0. The minimum absolute atomic E-state index is 0.714. The van der Waals surface area contributed by atoms with Crippen LogP contribution in [0.25, 0.3) is 0 Å². The van der Waals surface area contributed by atoms with Crippen LogP contribution in [0, 0.1) is 6.92 Å². The van der Waals surface area contributed by atoms with E-state index in [1.165, 1.54) is 43.4 Å². The zero-order valence-electron chi connectivity index (χ0n) is 11.9. The van der Waals surface area contributed by atoms with Crippen molar-refractivity contribution in [1.29, 1.82) is 0 Å². The molecule has 0 radical (unpaired) electrons. The first-order chi connectivity index (χ1) is 9.79. The Labute approximate surface area is 122 Å². The maximum Gasteiger partial charge on any atom is 0.490 e. The van der Waals surface area contributed by atoms with Gasteiger partial charge >= 0.3 is 12.1 Å². The van der Waals surface area contributed by atoms with Crippen molar-refractivity contribution in [1.82, 2.24) is 0 Å². The lowest BCUT2D eigenvalue weighted by Gasteiger charge is -2.23. The number of rotatable bonds is 2. The summed E-state index contributed by atoms with van der Waals surface area (Å²) in [5, 5.41) is 10.7. The number of anilines is 1. The van der Waals surface area contributed by atoms with E-state index in [1.54, 1.807) is 0 Å². The third kappa shape index (κ3) is 7.02. The van der Waals surface area contributed by atoms with Crippen LogP contribution in [0.3, 0.4) is 0 Å². The summed E-state index contributed by atoms with van der Waals surface area (Å²) >= 11 is 0. The van der Waals surface area contributed by atoms with Gasteiger partial charge in [-0.2, -0.15) is 13.2 Å². The summed E-state index contributed by atoms with van der Waals surface area (Å²) < 4.78 is 31.7. The zero-order chi connectivity index (χ0) is 15.9. The minimum Gasteiger partial charge on any atom is -0.475 e. The Morgan fingerprint density at radius 3 is 2.05 bits per heavy atom. The molecular weight excluding hydrogens is 283 g/mol. The molecule has 2 rings (SSSR count). The lowest BCUT2D eigenvalue weighted by atomic mass is 9.95. The Kier molecular flexibility index (Phi) is 6.52. The molecular formula is C15H20F3NO2. The third-order valence-corrected chi connectivity index (χ3v) is 3.27. The summed E-state index contributed by atoms with van der Waals surface area (Å²) in [5.41, 5.74) is 2.61. The first-order valence-electron chi connectivity index (χ1n) is 6.92. The van der Waals surface area contributed by atoms with Crippen molar-refractivity contribution in [2.75, 3.05) is 5.32 Å². The molecule has 6 heteroatoms. The normalized spacial score (nSPS) is 15.8. The van der Waals surface area contributed by atoms with E-state index in [4.69, 9.17) is 9.90 Å². The molecule has 0 bridgehead atoms. The Bertz CT molecular complexity index is 437. The monoisotopic (exact) mass is 303 g/mol. The smallest absolute Gasteiger partial charge is 0.475 e. The fourth-order valence-corrected chi connectivity index (χ4v) is 2.13. The van der Waals surface area contributed by atoms with Crippen molar-refractivity contribution in [2.45, 2.75) is 51.2 Å². The number of carbonyl (C=O) groups is 1. The number of aryl methyl sites for hydroxylation is 1. The molecule has 2 N–H and O–H groups in total. The second-order valence-electron chi connectivity index (χ2n) is 5.15. The highest BCUT2D eigenvalue weighted by atomic mass is 19.4. The molecule has 1 aromatic carbocycles. The Balaban J connectivity index is 0.000000270. The number of aliphatic carboxylic acids is 1. The quantitative estimate of drug-likeness (QED) is 0.852. The van der Waals surface area contributed by atoms with Crippen LogP contribution < -0.4 is 5.32 Å². The number of hydrogen-bond acceptors (Lipinski definition) is 2. The molecule has 0 aliphatic heterocycles. The van der Waals surface area contributed by atoms with Crippen LogP contribution in [-0.2, 0) is 4.79 Å². The van der Waals surface area contributed by atoms with Crippen LogP contribution in [0.15, 0.2) is 24.3 Å². The van der Waals surface area contributed by atoms with Crippen molar-refractivity contribution in [2.24, 2.45) is 0 Å². The van der Waals surface area contributed by atoms with Crippen LogP contribution in [-0.4, -0.2) is 23.3 Å². The number of carboxylic acid groups (broad SMARTS) is 1. The van der Waals surface area contributed by atoms with E-state index < -0.39 is 12.1 Å². The number of halogens is 3. The largest absolute Gasteiger partial charge is 0.490 e. The number of nitrogens with one attached hydrogen (secondary N) is 1. The van der Waals surface area contributed by atoms with E-state index in [2.05, 4.69) is 36.5 Å². The van der Waals surface area contributed by atoms with Gasteiger partial charge in [0.2, 0.25) is 0 Å². The van der Waals surface area contributed by atoms with Gasteiger partial charge in [0.15, 0.2) is 0 Å². The van der Waals surface area contributed by atoms with Gasteiger partial charge in [-0.25, -0.2) is 4.79 Å². The van der Waals surface area contributed by atoms with Gasteiger partial charge in [0.25, 0.3) is 0 Å². The van der Waals surface area contributed by atoms with E-state index >= 15 is 0 Å². The van der Waals surface area contributed by atoms with E-state index in [1.807, 2.05) is 0 Å². The Morgan fingerprint density at radius 1 is 1.14 bits per heavy atom. The van der Waals surface area contributed by atoms with Crippen molar-refractivity contribution in [3.8, 4) is 0 Å². The third-order valence-electron chi connectivity index (χ3n) is 3.27. The summed E-state index contributed by atoms with van der Waals surface area (Å²) in [6.07, 6.45) is 1.81. The van der Waals surface area contributed by atoms with Crippen LogP contribution in [0.4, 0.5) is 18.9 Å². The zero-order valence-corrected chi connectivity index (χ0v) is 11.9. The van der Waals surface area contributed by atoms with Crippen LogP contribution in [0.5, 0.6) is 0 Å². The topological polar surface area (TPSA) is 49.3 Å². The maximum atomic E-state index is 10.6. The molecule has 1 aliphatic rings. The molecule has 3 nitrogen and oxygen atoms in total. The summed E-state index contributed by atoms with van der Waals surface area (Å²) in [6, 6.07) is 9.43. The van der Waals surface area contributed by atoms with E-state index in [9.17, 15) is 13.2 Å². The molecule has 1 saturated carbocycles. The molecule has 118 valence electrons. The molecule has 0 aromatic heterocycles. The Hall–Kier alpha value is -1.72. The molecule has 0 saturated heterocycles. The van der Waals surface area contributed by atoms with Crippen molar-refractivity contribution in [3.05, 3.63) is 29.8 Å². The predicted octanol–water partition coefficient (Wildman–Crippen LogP) is 4.37. The van der Waals surface area contributed by atoms with Gasteiger partial charge in [-0.05, 0) is 31.9 Å². The van der Waals surface area contributed by atoms with Crippen LogP contribution in [0.1, 0.15) is 37.7 Å². The highest BCUT2D eigenvalue weighted by Crippen LogP contribution is 2.21. The maximum absolute atomic E-state index is 10.6. The molecule has 0 unspecified atom stereocenters. The molecule has 0 amide bonds. The highest BCUT2D eigenvalue weighted by Gasteiger charge is 2.38. The average molecular weight is 303 g/mol. The van der Waals surface area contributed by atoms with Gasteiger partial charge in [-0.15, -0.1) is 0 Å². The second kappa shape index (κ2) is 7.90. The van der Waals surface area contributed by atoms with Gasteiger partial charge in [0.1, 0.15) is 0 Å². The first kappa shape index (κ1) is 17.3. The van der Waals surface area contributed by atoms with Crippen molar-refractivity contribution >= 4 is 11.7 Å². The summed E-state index contributed by atoms with van der Waals surface area (Å²) in [5.74, 6) is -2.76. The predicted molar refractivity (Wildman–Crippen MR) is 75.4 cm³/mol. The fraction of sp³-hybridized carbons (Fsp3) is 0.533. The van der Waals surface area contributed by atoms with Crippen molar-refractivity contribution in [3.63, 3.8) is 0 Å². The number of hydrogen-bond donors (Lipinski definition) is 2. The fourth-order valence-electron chi connectivity index (χ4n) is 2.13. The summed E-state index contributed by atoms with van der Waals surface area (Å²) in [6.45, 7) is 2.13. The van der Waals surface area contributed by atoms with Crippen LogP contribution in [0.2, 0.25) is 0 Å². The molecule has 1 fully saturated rings. The standard InChI is InChI=1S/C13H19N.C2HF3O2/c1-11-7-9-13(10-8-11)14-12-5-3-2-4-6-12;3-2(4,5)1(6)7/h7-10,12,14H,2-6H2,1H3;(H,6,7). The highest BCUT2D eigenvalue weighted by molar-refractivity contribution is 5.73. The van der Waals surface area contributed by atoms with Gasteiger partial charge in [-0.3, -0.25) is 0 Å². The summed E-state index contributed by atoms with van der Waals surface area (Å²) in [4.78, 5) is 8.90.